The molecule has 1 fully saturated rings. The maximum Gasteiger partial charge on any atom is 0.322 e. The molecule has 2 aliphatic rings. The van der Waals surface area contributed by atoms with Crippen LogP contribution in [0.15, 0.2) is 28.7 Å². The Morgan fingerprint density at radius 1 is 1.26 bits per heavy atom. The van der Waals surface area contributed by atoms with Crippen molar-refractivity contribution < 1.29 is 4.42 Å². The summed E-state index contributed by atoms with van der Waals surface area (Å²) in [4.78, 5) is 2.11. The molecular weight excluding hydrogens is 240 g/mol. The zero-order chi connectivity index (χ0) is 12.7. The summed E-state index contributed by atoms with van der Waals surface area (Å²) >= 11 is 0. The molecule has 1 aromatic carbocycles. The van der Waals surface area contributed by atoms with E-state index in [0.717, 1.165) is 31.8 Å². The summed E-state index contributed by atoms with van der Waals surface area (Å²) in [5.41, 5.74) is 2.54. The predicted molar refractivity (Wildman–Crippen MR) is 71.4 cm³/mol. The van der Waals surface area contributed by atoms with Crippen LogP contribution in [-0.4, -0.2) is 23.3 Å². The molecule has 19 heavy (non-hydrogen) atoms. The van der Waals surface area contributed by atoms with Gasteiger partial charge >= 0.3 is 6.01 Å². The maximum absolute atomic E-state index is 5.85. The highest BCUT2D eigenvalue weighted by Gasteiger charge is 2.27. The smallest absolute Gasteiger partial charge is 0.322 e. The van der Waals surface area contributed by atoms with Crippen LogP contribution in [0.3, 0.4) is 0 Å². The van der Waals surface area contributed by atoms with Gasteiger partial charge in [-0.3, -0.25) is 4.90 Å². The lowest BCUT2D eigenvalue weighted by atomic mass is 10.2. The Balaban J connectivity index is 1.63. The van der Waals surface area contributed by atoms with E-state index >= 15 is 0 Å². The van der Waals surface area contributed by atoms with Gasteiger partial charge in [-0.15, -0.1) is 5.10 Å². The Morgan fingerprint density at radius 3 is 3.11 bits per heavy atom. The summed E-state index contributed by atoms with van der Waals surface area (Å²) in [5, 5.41) is 11.8. The van der Waals surface area contributed by atoms with Crippen molar-refractivity contribution in [1.82, 2.24) is 15.5 Å². The highest BCUT2D eigenvalue weighted by molar-refractivity contribution is 5.64. The molecule has 1 unspecified atom stereocenters. The molecule has 0 saturated carbocycles. The SMILES string of the molecule is c1ccc2c(c1)CCN2c1nnc(C2CCCN2)o1. The number of aromatic nitrogens is 2. The largest absolute Gasteiger partial charge is 0.406 e. The van der Waals surface area contributed by atoms with Crippen LogP contribution >= 0.6 is 0 Å². The molecule has 0 spiro atoms. The molecule has 5 heteroatoms. The minimum absolute atomic E-state index is 0.235. The average molecular weight is 256 g/mol. The first-order valence-corrected chi connectivity index (χ1v) is 6.84. The molecule has 4 rings (SSSR count). The first kappa shape index (κ1) is 11.0. The van der Waals surface area contributed by atoms with Gasteiger partial charge in [0.05, 0.1) is 6.04 Å². The van der Waals surface area contributed by atoms with Gasteiger partial charge in [0.25, 0.3) is 0 Å². The van der Waals surface area contributed by atoms with E-state index in [1.807, 2.05) is 6.07 Å². The zero-order valence-electron chi connectivity index (χ0n) is 10.7. The standard InChI is InChI=1S/C14H16N4O/c1-2-6-12-10(4-1)7-9-18(12)14-17-16-13(19-14)11-5-3-8-15-11/h1-2,4,6,11,15H,3,5,7-9H2. The van der Waals surface area contributed by atoms with Crippen LogP contribution in [-0.2, 0) is 6.42 Å². The van der Waals surface area contributed by atoms with Gasteiger partial charge in [-0.05, 0) is 37.4 Å². The Bertz CT molecular complexity index is 589. The van der Waals surface area contributed by atoms with Crippen molar-refractivity contribution in [2.24, 2.45) is 0 Å². The van der Waals surface area contributed by atoms with Gasteiger partial charge < -0.3 is 9.73 Å². The van der Waals surface area contributed by atoms with Crippen LogP contribution in [0.1, 0.15) is 30.3 Å². The molecule has 0 bridgehead atoms. The second kappa shape index (κ2) is 4.35. The van der Waals surface area contributed by atoms with E-state index in [4.69, 9.17) is 4.42 Å². The summed E-state index contributed by atoms with van der Waals surface area (Å²) in [7, 11) is 0. The van der Waals surface area contributed by atoms with Gasteiger partial charge in [0.1, 0.15) is 0 Å². The molecule has 1 atom stereocenters. The normalized spacial score (nSPS) is 21.9. The van der Waals surface area contributed by atoms with E-state index in [1.54, 1.807) is 0 Å². The fraction of sp³-hybridized carbons (Fsp3) is 0.429. The van der Waals surface area contributed by atoms with E-state index < -0.39 is 0 Å². The number of hydrogen-bond acceptors (Lipinski definition) is 5. The quantitative estimate of drug-likeness (QED) is 0.892. The van der Waals surface area contributed by atoms with Gasteiger partial charge in [-0.25, -0.2) is 0 Å². The molecule has 1 N–H and O–H groups in total. The maximum atomic E-state index is 5.85. The number of para-hydroxylation sites is 1. The number of hydrogen-bond donors (Lipinski definition) is 1. The molecule has 98 valence electrons. The fourth-order valence-corrected chi connectivity index (χ4v) is 2.91. The van der Waals surface area contributed by atoms with Crippen molar-refractivity contribution in [2.75, 3.05) is 18.0 Å². The topological polar surface area (TPSA) is 54.2 Å². The molecule has 2 aromatic rings. The van der Waals surface area contributed by atoms with E-state index in [1.165, 1.54) is 17.7 Å². The second-order valence-corrected chi connectivity index (χ2v) is 5.10. The van der Waals surface area contributed by atoms with Crippen LogP contribution in [0.5, 0.6) is 0 Å². The summed E-state index contributed by atoms with van der Waals surface area (Å²) in [6, 6.07) is 9.25. The number of nitrogens with zero attached hydrogens (tertiary/aromatic N) is 3. The fourth-order valence-electron chi connectivity index (χ4n) is 2.91. The van der Waals surface area contributed by atoms with Crippen LogP contribution < -0.4 is 10.2 Å². The predicted octanol–water partition coefficient (Wildman–Crippen LogP) is 2.19. The van der Waals surface area contributed by atoms with Crippen molar-refractivity contribution in [3.63, 3.8) is 0 Å². The lowest BCUT2D eigenvalue weighted by molar-refractivity contribution is 0.432. The summed E-state index contributed by atoms with van der Waals surface area (Å²) in [6.07, 6.45) is 3.29. The van der Waals surface area contributed by atoms with Gasteiger partial charge in [0, 0.05) is 12.2 Å². The average Bonchev–Trinajstić information content (AvgIpc) is 3.18. The molecule has 1 aromatic heterocycles. The van der Waals surface area contributed by atoms with Crippen molar-refractivity contribution in [3.05, 3.63) is 35.7 Å². The summed E-state index contributed by atoms with van der Waals surface area (Å²) < 4.78 is 5.85. The number of rotatable bonds is 2. The molecule has 2 aliphatic heterocycles. The highest BCUT2D eigenvalue weighted by Crippen LogP contribution is 2.34. The first-order chi connectivity index (χ1) is 9.42. The number of anilines is 2. The van der Waals surface area contributed by atoms with Crippen LogP contribution in [0, 0.1) is 0 Å². The first-order valence-electron chi connectivity index (χ1n) is 6.84. The monoisotopic (exact) mass is 256 g/mol. The molecule has 0 radical (unpaired) electrons. The highest BCUT2D eigenvalue weighted by atomic mass is 16.4. The molecule has 0 aliphatic carbocycles. The van der Waals surface area contributed by atoms with Gasteiger partial charge in [-0.2, -0.15) is 0 Å². The summed E-state index contributed by atoms with van der Waals surface area (Å²) in [6.45, 7) is 1.95. The van der Waals surface area contributed by atoms with Crippen LogP contribution in [0.25, 0.3) is 0 Å². The lowest BCUT2D eigenvalue weighted by Crippen LogP contribution is -2.14. The molecule has 1 saturated heterocycles. The van der Waals surface area contributed by atoms with Gasteiger partial charge in [-0.1, -0.05) is 23.3 Å². The van der Waals surface area contributed by atoms with Crippen LogP contribution in [0.2, 0.25) is 0 Å². The minimum atomic E-state index is 0.235. The summed E-state index contributed by atoms with van der Waals surface area (Å²) in [5.74, 6) is 0.719. The molecule has 0 amide bonds. The number of benzene rings is 1. The Kier molecular flexibility index (Phi) is 2.51. The Morgan fingerprint density at radius 2 is 2.21 bits per heavy atom. The third-order valence-corrected chi connectivity index (χ3v) is 3.91. The molecule has 5 nitrogen and oxygen atoms in total. The van der Waals surface area contributed by atoms with Crippen molar-refractivity contribution in [2.45, 2.75) is 25.3 Å². The van der Waals surface area contributed by atoms with Gasteiger partial charge in [0.15, 0.2) is 0 Å². The molecular formula is C14H16N4O. The zero-order valence-corrected chi connectivity index (χ0v) is 10.7. The van der Waals surface area contributed by atoms with E-state index in [-0.39, 0.29) is 6.04 Å². The third kappa shape index (κ3) is 1.81. The number of fused-ring (bicyclic) bond motifs is 1. The minimum Gasteiger partial charge on any atom is -0.406 e. The molecule has 3 heterocycles. The van der Waals surface area contributed by atoms with Crippen molar-refractivity contribution in [3.8, 4) is 0 Å². The van der Waals surface area contributed by atoms with Gasteiger partial charge in [0.2, 0.25) is 5.89 Å². The third-order valence-electron chi connectivity index (χ3n) is 3.91. The van der Waals surface area contributed by atoms with Crippen molar-refractivity contribution >= 4 is 11.7 Å². The van der Waals surface area contributed by atoms with E-state index in [9.17, 15) is 0 Å². The van der Waals surface area contributed by atoms with E-state index in [0.29, 0.717) is 6.01 Å². The Hall–Kier alpha value is -1.88. The van der Waals surface area contributed by atoms with Crippen LogP contribution in [0.4, 0.5) is 11.7 Å². The van der Waals surface area contributed by atoms with E-state index in [2.05, 4.69) is 38.6 Å². The lowest BCUT2D eigenvalue weighted by Gasteiger charge is -2.13. The van der Waals surface area contributed by atoms with Crippen molar-refractivity contribution in [1.29, 1.82) is 0 Å². The Labute approximate surface area is 111 Å². The number of nitrogens with one attached hydrogen (secondary N) is 1. The second-order valence-electron chi connectivity index (χ2n) is 5.10.